The second kappa shape index (κ2) is 4.49. The topological polar surface area (TPSA) is 42.1 Å². The lowest BCUT2D eigenvalue weighted by Crippen LogP contribution is -2.23. The standard InChI is InChI=1S/C11H16BrN3/c1-8-4-11(14-6-10(8)12)15-3-2-9(5-13)7-15/h4,6,9H,2-3,5,7,13H2,1H3. The maximum Gasteiger partial charge on any atom is 0.128 e. The summed E-state index contributed by atoms with van der Waals surface area (Å²) in [5.74, 6) is 1.71. The number of nitrogens with two attached hydrogens (primary N) is 1. The van der Waals surface area contributed by atoms with Gasteiger partial charge in [0, 0.05) is 23.8 Å². The molecule has 82 valence electrons. The lowest BCUT2D eigenvalue weighted by atomic mass is 10.1. The van der Waals surface area contributed by atoms with Gasteiger partial charge in [-0.25, -0.2) is 4.98 Å². The number of aromatic nitrogens is 1. The number of halogens is 1. The molecule has 0 radical (unpaired) electrons. The van der Waals surface area contributed by atoms with Crippen molar-refractivity contribution >= 4 is 21.7 Å². The average molecular weight is 270 g/mol. The molecule has 1 aromatic rings. The minimum atomic E-state index is 0.635. The van der Waals surface area contributed by atoms with E-state index in [1.165, 1.54) is 12.0 Å². The van der Waals surface area contributed by atoms with Gasteiger partial charge in [0.05, 0.1) is 0 Å². The molecule has 0 amide bonds. The molecular formula is C11H16BrN3. The Labute approximate surface area is 98.8 Å². The summed E-state index contributed by atoms with van der Waals surface area (Å²) >= 11 is 3.46. The van der Waals surface area contributed by atoms with Crippen LogP contribution in [-0.4, -0.2) is 24.6 Å². The van der Waals surface area contributed by atoms with E-state index in [1.54, 1.807) is 0 Å². The normalized spacial score (nSPS) is 21.0. The number of hydrogen-bond acceptors (Lipinski definition) is 3. The first kappa shape index (κ1) is 10.9. The van der Waals surface area contributed by atoms with Crippen molar-refractivity contribution in [2.24, 2.45) is 11.7 Å². The predicted octanol–water partition coefficient (Wildman–Crippen LogP) is 1.94. The molecule has 3 nitrogen and oxygen atoms in total. The van der Waals surface area contributed by atoms with Crippen molar-refractivity contribution in [2.75, 3.05) is 24.5 Å². The van der Waals surface area contributed by atoms with Gasteiger partial charge in [0.15, 0.2) is 0 Å². The lowest BCUT2D eigenvalue weighted by Gasteiger charge is -2.17. The molecule has 15 heavy (non-hydrogen) atoms. The fraction of sp³-hybridized carbons (Fsp3) is 0.545. The van der Waals surface area contributed by atoms with E-state index in [1.807, 2.05) is 6.20 Å². The molecule has 2 N–H and O–H groups in total. The molecule has 1 fully saturated rings. The van der Waals surface area contributed by atoms with Gasteiger partial charge in [0.1, 0.15) is 5.82 Å². The number of rotatable bonds is 2. The highest BCUT2D eigenvalue weighted by Gasteiger charge is 2.22. The number of nitrogens with zero attached hydrogens (tertiary/aromatic N) is 2. The molecular weight excluding hydrogens is 254 g/mol. The van der Waals surface area contributed by atoms with Gasteiger partial charge in [0.2, 0.25) is 0 Å². The van der Waals surface area contributed by atoms with Crippen LogP contribution >= 0.6 is 15.9 Å². The first-order valence-corrected chi connectivity index (χ1v) is 6.07. The van der Waals surface area contributed by atoms with Gasteiger partial charge in [-0.05, 0) is 53.4 Å². The van der Waals surface area contributed by atoms with Crippen LogP contribution in [0.2, 0.25) is 0 Å². The maximum absolute atomic E-state index is 5.67. The van der Waals surface area contributed by atoms with Crippen LogP contribution in [0.3, 0.4) is 0 Å². The zero-order chi connectivity index (χ0) is 10.8. The zero-order valence-corrected chi connectivity index (χ0v) is 10.5. The molecule has 0 bridgehead atoms. The highest BCUT2D eigenvalue weighted by Crippen LogP contribution is 2.24. The Balaban J connectivity index is 2.13. The first-order valence-electron chi connectivity index (χ1n) is 5.28. The zero-order valence-electron chi connectivity index (χ0n) is 8.91. The Kier molecular flexibility index (Phi) is 3.26. The van der Waals surface area contributed by atoms with Crippen LogP contribution in [-0.2, 0) is 0 Å². The lowest BCUT2D eigenvalue weighted by molar-refractivity contribution is 0.602. The van der Waals surface area contributed by atoms with Gasteiger partial charge < -0.3 is 10.6 Å². The summed E-state index contributed by atoms with van der Waals surface area (Å²) in [4.78, 5) is 6.74. The fourth-order valence-corrected chi connectivity index (χ4v) is 2.15. The summed E-state index contributed by atoms with van der Waals surface area (Å²) in [6.07, 6.45) is 3.06. The minimum absolute atomic E-state index is 0.635. The van der Waals surface area contributed by atoms with Crippen LogP contribution in [0.1, 0.15) is 12.0 Å². The van der Waals surface area contributed by atoms with Crippen LogP contribution < -0.4 is 10.6 Å². The third-order valence-corrected chi connectivity index (χ3v) is 3.81. The molecule has 2 rings (SSSR count). The second-order valence-corrected chi connectivity index (χ2v) is 4.98. The first-order chi connectivity index (χ1) is 7.20. The molecule has 4 heteroatoms. The van der Waals surface area contributed by atoms with Gasteiger partial charge in [0.25, 0.3) is 0 Å². The third-order valence-electron chi connectivity index (χ3n) is 2.98. The van der Waals surface area contributed by atoms with Crippen molar-refractivity contribution in [1.29, 1.82) is 0 Å². The highest BCUT2D eigenvalue weighted by molar-refractivity contribution is 9.10. The van der Waals surface area contributed by atoms with E-state index < -0.39 is 0 Å². The molecule has 1 atom stereocenters. The van der Waals surface area contributed by atoms with Gasteiger partial charge >= 0.3 is 0 Å². The molecule has 1 aliphatic heterocycles. The van der Waals surface area contributed by atoms with Gasteiger partial charge in [-0.3, -0.25) is 0 Å². The Hall–Kier alpha value is -0.610. The molecule has 0 aliphatic carbocycles. The van der Waals surface area contributed by atoms with Crippen molar-refractivity contribution < 1.29 is 0 Å². The molecule has 0 spiro atoms. The summed E-state index contributed by atoms with van der Waals surface area (Å²) < 4.78 is 1.07. The summed E-state index contributed by atoms with van der Waals surface area (Å²) in [6.45, 7) is 5.00. The summed E-state index contributed by atoms with van der Waals surface area (Å²) in [6, 6.07) is 2.13. The van der Waals surface area contributed by atoms with E-state index in [0.29, 0.717) is 5.92 Å². The van der Waals surface area contributed by atoms with E-state index in [4.69, 9.17) is 5.73 Å². The monoisotopic (exact) mass is 269 g/mol. The fourth-order valence-electron chi connectivity index (χ4n) is 1.93. The molecule has 0 saturated carbocycles. The number of aryl methyl sites for hydroxylation is 1. The van der Waals surface area contributed by atoms with Crippen LogP contribution in [0.5, 0.6) is 0 Å². The van der Waals surface area contributed by atoms with Crippen molar-refractivity contribution in [3.05, 3.63) is 22.3 Å². The smallest absolute Gasteiger partial charge is 0.128 e. The van der Waals surface area contributed by atoms with Gasteiger partial charge in [-0.2, -0.15) is 0 Å². The van der Waals surface area contributed by atoms with Gasteiger partial charge in [-0.1, -0.05) is 0 Å². The molecule has 0 aromatic carbocycles. The Morgan fingerprint density at radius 1 is 1.67 bits per heavy atom. The van der Waals surface area contributed by atoms with Crippen LogP contribution in [0.25, 0.3) is 0 Å². The van der Waals surface area contributed by atoms with Crippen molar-refractivity contribution in [3.63, 3.8) is 0 Å². The summed E-state index contributed by atoms with van der Waals surface area (Å²) in [5.41, 5.74) is 6.91. The minimum Gasteiger partial charge on any atom is -0.356 e. The van der Waals surface area contributed by atoms with Crippen molar-refractivity contribution in [3.8, 4) is 0 Å². The maximum atomic E-state index is 5.67. The van der Waals surface area contributed by atoms with Crippen molar-refractivity contribution in [1.82, 2.24) is 4.98 Å². The number of pyridine rings is 1. The molecule has 1 aromatic heterocycles. The Morgan fingerprint density at radius 2 is 2.47 bits per heavy atom. The molecule has 2 heterocycles. The summed E-state index contributed by atoms with van der Waals surface area (Å²) in [7, 11) is 0. The molecule has 1 aliphatic rings. The third kappa shape index (κ3) is 2.32. The second-order valence-electron chi connectivity index (χ2n) is 4.13. The van der Waals surface area contributed by atoms with Gasteiger partial charge in [-0.15, -0.1) is 0 Å². The van der Waals surface area contributed by atoms with E-state index in [2.05, 4.69) is 38.8 Å². The Bertz CT molecular complexity index is 354. The molecule has 1 saturated heterocycles. The van der Waals surface area contributed by atoms with Crippen molar-refractivity contribution in [2.45, 2.75) is 13.3 Å². The predicted molar refractivity (Wildman–Crippen MR) is 66.0 cm³/mol. The van der Waals surface area contributed by atoms with E-state index in [-0.39, 0.29) is 0 Å². The number of hydrogen-bond donors (Lipinski definition) is 1. The van der Waals surface area contributed by atoms with E-state index in [0.717, 1.165) is 29.9 Å². The highest BCUT2D eigenvalue weighted by atomic mass is 79.9. The van der Waals surface area contributed by atoms with E-state index in [9.17, 15) is 0 Å². The van der Waals surface area contributed by atoms with E-state index >= 15 is 0 Å². The van der Waals surface area contributed by atoms with Crippen LogP contribution in [0.15, 0.2) is 16.7 Å². The summed E-state index contributed by atoms with van der Waals surface area (Å²) in [5, 5.41) is 0. The van der Waals surface area contributed by atoms with Crippen LogP contribution in [0, 0.1) is 12.8 Å². The number of anilines is 1. The largest absolute Gasteiger partial charge is 0.356 e. The average Bonchev–Trinajstić information content (AvgIpc) is 2.70. The quantitative estimate of drug-likeness (QED) is 0.893. The molecule has 1 unspecified atom stereocenters. The van der Waals surface area contributed by atoms with Crippen LogP contribution in [0.4, 0.5) is 5.82 Å². The SMILES string of the molecule is Cc1cc(N2CCC(CN)C2)ncc1Br. The Morgan fingerprint density at radius 3 is 3.07 bits per heavy atom.